The van der Waals surface area contributed by atoms with Gasteiger partial charge in [-0.25, -0.2) is 4.98 Å². The number of hydrogen-bond acceptors (Lipinski definition) is 4. The Balaban J connectivity index is 1.88. The first-order chi connectivity index (χ1) is 9.10. The summed E-state index contributed by atoms with van der Waals surface area (Å²) in [7, 11) is 0. The first-order valence-electron chi connectivity index (χ1n) is 6.55. The molecule has 2 atom stereocenters. The summed E-state index contributed by atoms with van der Waals surface area (Å²) in [4.78, 5) is 26.8. The molecule has 1 saturated carbocycles. The van der Waals surface area contributed by atoms with Crippen molar-refractivity contribution >= 4 is 11.9 Å². The van der Waals surface area contributed by atoms with Gasteiger partial charge in [-0.15, -0.1) is 5.10 Å². The molecule has 0 spiro atoms. The molecule has 0 aliphatic heterocycles. The highest BCUT2D eigenvalue weighted by Crippen LogP contribution is 2.25. The van der Waals surface area contributed by atoms with E-state index >= 15 is 0 Å². The Kier molecular flexibility index (Phi) is 4.13. The lowest BCUT2D eigenvalue weighted by molar-refractivity contribution is -0.141. The van der Waals surface area contributed by atoms with E-state index in [9.17, 15) is 9.59 Å². The molecule has 7 nitrogen and oxygen atoms in total. The number of aliphatic carboxylic acids is 1. The molecular weight excluding hydrogens is 248 g/mol. The summed E-state index contributed by atoms with van der Waals surface area (Å²) >= 11 is 0. The number of aryl methyl sites for hydroxylation is 1. The van der Waals surface area contributed by atoms with Gasteiger partial charge in [-0.05, 0) is 25.7 Å². The quantitative estimate of drug-likeness (QED) is 0.728. The Morgan fingerprint density at radius 3 is 2.89 bits per heavy atom. The smallest absolute Gasteiger partial charge is 0.306 e. The molecule has 0 bridgehead atoms. The largest absolute Gasteiger partial charge is 0.481 e. The van der Waals surface area contributed by atoms with Crippen molar-refractivity contribution in [1.29, 1.82) is 0 Å². The maximum Gasteiger partial charge on any atom is 0.306 e. The summed E-state index contributed by atoms with van der Waals surface area (Å²) < 4.78 is 0. The summed E-state index contributed by atoms with van der Waals surface area (Å²) in [5.41, 5.74) is 0. The monoisotopic (exact) mass is 266 g/mol. The molecule has 104 valence electrons. The molecule has 7 heteroatoms. The topological polar surface area (TPSA) is 108 Å². The van der Waals surface area contributed by atoms with E-state index in [4.69, 9.17) is 5.11 Å². The highest BCUT2D eigenvalue weighted by atomic mass is 16.4. The fourth-order valence-corrected chi connectivity index (χ4v) is 2.33. The second-order valence-corrected chi connectivity index (χ2v) is 4.87. The van der Waals surface area contributed by atoms with Crippen molar-refractivity contribution in [3.05, 3.63) is 11.6 Å². The van der Waals surface area contributed by atoms with Crippen LogP contribution < -0.4 is 5.32 Å². The molecule has 2 rings (SSSR count). The Bertz CT molecular complexity index is 471. The van der Waals surface area contributed by atoms with Crippen LogP contribution in [0.2, 0.25) is 0 Å². The second kappa shape index (κ2) is 5.81. The van der Waals surface area contributed by atoms with Crippen molar-refractivity contribution < 1.29 is 14.7 Å². The Hall–Kier alpha value is -1.92. The predicted molar refractivity (Wildman–Crippen MR) is 66.6 cm³/mol. The zero-order chi connectivity index (χ0) is 13.8. The van der Waals surface area contributed by atoms with Crippen LogP contribution in [0.4, 0.5) is 0 Å². The normalized spacial score (nSPS) is 22.4. The number of nitrogens with zero attached hydrogens (tertiary/aromatic N) is 2. The number of amides is 1. The van der Waals surface area contributed by atoms with E-state index < -0.39 is 5.97 Å². The zero-order valence-electron chi connectivity index (χ0n) is 10.8. The minimum atomic E-state index is -0.792. The Labute approximate surface area is 110 Å². The number of aromatic nitrogens is 3. The summed E-state index contributed by atoms with van der Waals surface area (Å²) in [5.74, 6) is -0.660. The van der Waals surface area contributed by atoms with Crippen LogP contribution in [0, 0.1) is 5.92 Å². The van der Waals surface area contributed by atoms with Gasteiger partial charge in [0.15, 0.2) is 0 Å². The molecule has 19 heavy (non-hydrogen) atoms. The van der Waals surface area contributed by atoms with Gasteiger partial charge in [0.2, 0.25) is 5.82 Å². The van der Waals surface area contributed by atoms with Gasteiger partial charge in [0.25, 0.3) is 5.91 Å². The number of H-pyrrole nitrogens is 1. The van der Waals surface area contributed by atoms with E-state index in [0.29, 0.717) is 25.1 Å². The minimum absolute atomic E-state index is 0.0956. The molecule has 1 aromatic heterocycles. The summed E-state index contributed by atoms with van der Waals surface area (Å²) in [6.45, 7) is 2.02. The third-order valence-electron chi connectivity index (χ3n) is 3.34. The number of carboxylic acid groups (broad SMARTS) is 1. The van der Waals surface area contributed by atoms with E-state index in [1.165, 1.54) is 0 Å². The summed E-state index contributed by atoms with van der Waals surface area (Å²) in [6.07, 6.45) is 3.46. The number of carbonyl (C=O) groups is 2. The van der Waals surface area contributed by atoms with E-state index in [-0.39, 0.29) is 23.7 Å². The van der Waals surface area contributed by atoms with Crippen molar-refractivity contribution in [2.75, 3.05) is 0 Å². The average molecular weight is 266 g/mol. The number of nitrogens with one attached hydrogen (secondary N) is 2. The van der Waals surface area contributed by atoms with Crippen LogP contribution >= 0.6 is 0 Å². The predicted octanol–water partition coefficient (Wildman–Crippen LogP) is 0.740. The Morgan fingerprint density at radius 2 is 2.26 bits per heavy atom. The van der Waals surface area contributed by atoms with Gasteiger partial charge in [0.1, 0.15) is 5.82 Å². The maximum atomic E-state index is 11.9. The third kappa shape index (κ3) is 3.30. The molecule has 0 radical (unpaired) electrons. The van der Waals surface area contributed by atoms with Crippen LogP contribution in [0.5, 0.6) is 0 Å². The van der Waals surface area contributed by atoms with Gasteiger partial charge in [-0.3, -0.25) is 14.7 Å². The van der Waals surface area contributed by atoms with Crippen LogP contribution in [0.15, 0.2) is 0 Å². The molecule has 1 amide bonds. The first-order valence-corrected chi connectivity index (χ1v) is 6.55. The van der Waals surface area contributed by atoms with Gasteiger partial charge < -0.3 is 10.4 Å². The molecule has 1 aromatic rings. The lowest BCUT2D eigenvalue weighted by Gasteiger charge is -2.10. The zero-order valence-corrected chi connectivity index (χ0v) is 10.8. The van der Waals surface area contributed by atoms with Crippen LogP contribution in [0.1, 0.15) is 49.1 Å². The molecule has 1 aliphatic rings. The average Bonchev–Trinajstić information content (AvgIpc) is 2.98. The SMILES string of the molecule is CCCc1nc(C(=O)NC2CCC(C(=O)O)C2)n[nH]1. The van der Waals surface area contributed by atoms with Gasteiger partial charge in [0, 0.05) is 12.5 Å². The van der Waals surface area contributed by atoms with Crippen LogP contribution in [0.25, 0.3) is 0 Å². The van der Waals surface area contributed by atoms with E-state index in [1.807, 2.05) is 6.92 Å². The molecule has 2 unspecified atom stereocenters. The molecule has 1 aliphatic carbocycles. The highest BCUT2D eigenvalue weighted by Gasteiger charge is 2.31. The van der Waals surface area contributed by atoms with Crippen molar-refractivity contribution in [2.24, 2.45) is 5.92 Å². The molecular formula is C12H18N4O3. The molecule has 1 heterocycles. The molecule has 3 N–H and O–H groups in total. The third-order valence-corrected chi connectivity index (χ3v) is 3.34. The van der Waals surface area contributed by atoms with E-state index in [2.05, 4.69) is 20.5 Å². The molecule has 1 fully saturated rings. The van der Waals surface area contributed by atoms with Crippen molar-refractivity contribution in [2.45, 2.75) is 45.1 Å². The lowest BCUT2D eigenvalue weighted by Crippen LogP contribution is -2.34. The fourth-order valence-electron chi connectivity index (χ4n) is 2.33. The number of carboxylic acids is 1. The van der Waals surface area contributed by atoms with Crippen molar-refractivity contribution in [3.8, 4) is 0 Å². The number of aromatic amines is 1. The molecule has 0 aromatic carbocycles. The van der Waals surface area contributed by atoms with Crippen molar-refractivity contribution in [3.63, 3.8) is 0 Å². The van der Waals surface area contributed by atoms with Gasteiger partial charge in [-0.1, -0.05) is 6.92 Å². The van der Waals surface area contributed by atoms with Crippen LogP contribution in [-0.2, 0) is 11.2 Å². The number of carbonyl (C=O) groups excluding carboxylic acids is 1. The van der Waals surface area contributed by atoms with E-state index in [0.717, 1.165) is 12.8 Å². The lowest BCUT2D eigenvalue weighted by atomic mass is 10.1. The molecule has 0 saturated heterocycles. The fraction of sp³-hybridized carbons (Fsp3) is 0.667. The van der Waals surface area contributed by atoms with Gasteiger partial charge in [-0.2, -0.15) is 0 Å². The van der Waals surface area contributed by atoms with E-state index in [1.54, 1.807) is 0 Å². The highest BCUT2D eigenvalue weighted by molar-refractivity contribution is 5.90. The first kappa shape index (κ1) is 13.5. The van der Waals surface area contributed by atoms with Gasteiger partial charge >= 0.3 is 5.97 Å². The number of hydrogen-bond donors (Lipinski definition) is 3. The number of rotatable bonds is 5. The maximum absolute atomic E-state index is 11.9. The second-order valence-electron chi connectivity index (χ2n) is 4.87. The standard InChI is InChI=1S/C12H18N4O3/c1-2-3-9-14-10(16-15-9)11(17)13-8-5-4-7(6-8)12(18)19/h7-8H,2-6H2,1H3,(H,13,17)(H,18,19)(H,14,15,16). The minimum Gasteiger partial charge on any atom is -0.481 e. The van der Waals surface area contributed by atoms with Crippen LogP contribution in [0.3, 0.4) is 0 Å². The van der Waals surface area contributed by atoms with Crippen LogP contribution in [-0.4, -0.2) is 38.2 Å². The van der Waals surface area contributed by atoms with Crippen molar-refractivity contribution in [1.82, 2.24) is 20.5 Å². The van der Waals surface area contributed by atoms with Gasteiger partial charge in [0.05, 0.1) is 5.92 Å². The summed E-state index contributed by atoms with van der Waals surface area (Å²) in [5, 5.41) is 18.3. The Morgan fingerprint density at radius 1 is 1.47 bits per heavy atom. The summed E-state index contributed by atoms with van der Waals surface area (Å²) in [6, 6.07) is -0.0956.